The summed E-state index contributed by atoms with van der Waals surface area (Å²) in [5.41, 5.74) is 9.86. The third-order valence-electron chi connectivity index (χ3n) is 6.14. The van der Waals surface area contributed by atoms with Gasteiger partial charge in [-0.1, -0.05) is 64.5 Å². The average Bonchev–Trinajstić information content (AvgIpc) is 2.82. The van der Waals surface area contributed by atoms with Crippen LogP contribution in [0.3, 0.4) is 0 Å². The van der Waals surface area contributed by atoms with E-state index in [-0.39, 0.29) is 28.7 Å². The number of benzene rings is 3. The Balaban J connectivity index is 1.77. The van der Waals surface area contributed by atoms with Gasteiger partial charge in [-0.05, 0) is 47.9 Å². The fourth-order valence-corrected chi connectivity index (χ4v) is 6.58. The number of sulfonamides is 1. The summed E-state index contributed by atoms with van der Waals surface area (Å²) in [4.78, 5) is 0.0212. The Bertz CT molecular complexity index is 1520. The second-order valence-electron chi connectivity index (χ2n) is 8.13. The Morgan fingerprint density at radius 3 is 2.44 bits per heavy atom. The average molecular weight is 534 g/mol. The van der Waals surface area contributed by atoms with Crippen molar-refractivity contribution in [3.8, 4) is 6.07 Å². The molecule has 0 fully saturated rings. The number of para-hydroxylation sites is 1. The number of halogens is 1. The lowest BCUT2D eigenvalue weighted by atomic mass is 9.88. The van der Waals surface area contributed by atoms with E-state index in [1.165, 1.54) is 4.31 Å². The summed E-state index contributed by atoms with van der Waals surface area (Å²) in [6.45, 7) is 2.10. The van der Waals surface area contributed by atoms with Crippen LogP contribution in [0.5, 0.6) is 0 Å². The second-order valence-corrected chi connectivity index (χ2v) is 10.9. The number of nitrogens with two attached hydrogens (primary N) is 1. The number of nitriles is 1. The molecular formula is C26H20BrN3O3S. The van der Waals surface area contributed by atoms with Gasteiger partial charge in [-0.15, -0.1) is 0 Å². The molecule has 0 spiro atoms. The van der Waals surface area contributed by atoms with Gasteiger partial charge in [0, 0.05) is 10.0 Å². The van der Waals surface area contributed by atoms with Crippen LogP contribution in [0.1, 0.15) is 28.2 Å². The second kappa shape index (κ2) is 8.35. The molecule has 6 nitrogen and oxygen atoms in total. The largest absolute Gasteiger partial charge is 0.439 e. The van der Waals surface area contributed by atoms with Crippen LogP contribution in [0.4, 0.5) is 5.69 Å². The van der Waals surface area contributed by atoms with Gasteiger partial charge in [0.25, 0.3) is 10.0 Å². The Hall–Kier alpha value is -3.54. The van der Waals surface area contributed by atoms with Crippen molar-refractivity contribution in [3.05, 3.63) is 116 Å². The molecular weight excluding hydrogens is 514 g/mol. The van der Waals surface area contributed by atoms with E-state index < -0.39 is 15.9 Å². The molecule has 1 atom stereocenters. The van der Waals surface area contributed by atoms with Gasteiger partial charge in [0.1, 0.15) is 16.5 Å². The van der Waals surface area contributed by atoms with Gasteiger partial charge in [-0.3, -0.25) is 4.31 Å². The number of anilines is 1. The van der Waals surface area contributed by atoms with Crippen molar-refractivity contribution in [2.45, 2.75) is 19.4 Å². The summed E-state index contributed by atoms with van der Waals surface area (Å²) in [5.74, 6) is -0.813. The van der Waals surface area contributed by atoms with Crippen LogP contribution in [-0.2, 0) is 21.3 Å². The first-order valence-electron chi connectivity index (χ1n) is 10.6. The lowest BCUT2D eigenvalue weighted by molar-refractivity contribution is 0.357. The summed E-state index contributed by atoms with van der Waals surface area (Å²) in [6, 6.07) is 24.1. The zero-order valence-corrected chi connectivity index (χ0v) is 20.6. The van der Waals surface area contributed by atoms with E-state index in [4.69, 9.17) is 10.5 Å². The molecule has 170 valence electrons. The summed E-state index contributed by atoms with van der Waals surface area (Å²) in [6.07, 6.45) is 0. The summed E-state index contributed by atoms with van der Waals surface area (Å²) < 4.78 is 36.6. The number of nitrogens with zero attached hydrogens (tertiary/aromatic N) is 2. The minimum atomic E-state index is -4.09. The highest BCUT2D eigenvalue weighted by Crippen LogP contribution is 2.51. The van der Waals surface area contributed by atoms with E-state index in [1.54, 1.807) is 24.3 Å². The standard InChI is InChI=1S/C26H20BrN3O3S/c1-16-6-2-3-7-18(16)15-30-22-9-5-4-8-20(22)24-25(34(30,31)32)23(21(14-28)26(29)33-24)17-10-12-19(27)13-11-17/h2-13,23H,15,29H2,1H3/t23-/m0/s1. The fourth-order valence-electron chi connectivity index (χ4n) is 4.41. The molecule has 0 bridgehead atoms. The van der Waals surface area contributed by atoms with Crippen LogP contribution in [0, 0.1) is 18.3 Å². The molecule has 0 aromatic heterocycles. The number of aryl methyl sites for hydroxylation is 1. The molecule has 0 saturated carbocycles. The quantitative estimate of drug-likeness (QED) is 0.493. The van der Waals surface area contributed by atoms with E-state index >= 15 is 0 Å². The number of rotatable bonds is 3. The molecule has 0 aliphatic carbocycles. The van der Waals surface area contributed by atoms with Crippen molar-refractivity contribution in [1.29, 1.82) is 5.26 Å². The van der Waals surface area contributed by atoms with Gasteiger partial charge in [0.15, 0.2) is 5.76 Å². The molecule has 2 aliphatic rings. The van der Waals surface area contributed by atoms with E-state index in [1.807, 2.05) is 55.5 Å². The summed E-state index contributed by atoms with van der Waals surface area (Å²) in [5, 5.41) is 9.93. The van der Waals surface area contributed by atoms with Crippen LogP contribution in [0.2, 0.25) is 0 Å². The van der Waals surface area contributed by atoms with E-state index in [9.17, 15) is 13.7 Å². The van der Waals surface area contributed by atoms with Crippen molar-refractivity contribution in [3.63, 3.8) is 0 Å². The SMILES string of the molecule is Cc1ccccc1CN1c2ccccc2C2=C([C@@H](c3ccc(Br)cc3)C(C#N)=C(N)O2)S1(=O)=O. The Morgan fingerprint density at radius 1 is 1.06 bits per heavy atom. The van der Waals surface area contributed by atoms with Gasteiger partial charge in [0.2, 0.25) is 5.88 Å². The molecule has 3 aromatic rings. The van der Waals surface area contributed by atoms with Gasteiger partial charge in [-0.25, -0.2) is 8.42 Å². The van der Waals surface area contributed by atoms with Crippen LogP contribution in [0.15, 0.2) is 93.6 Å². The Labute approximate surface area is 206 Å². The molecule has 3 aromatic carbocycles. The maximum Gasteiger partial charge on any atom is 0.265 e. The smallest absolute Gasteiger partial charge is 0.265 e. The van der Waals surface area contributed by atoms with E-state index in [0.717, 1.165) is 15.6 Å². The predicted octanol–water partition coefficient (Wildman–Crippen LogP) is 5.28. The lowest BCUT2D eigenvalue weighted by Crippen LogP contribution is -2.39. The minimum Gasteiger partial charge on any atom is -0.439 e. The predicted molar refractivity (Wildman–Crippen MR) is 134 cm³/mol. The molecule has 2 aliphatic heterocycles. The maximum absolute atomic E-state index is 14.3. The highest BCUT2D eigenvalue weighted by molar-refractivity contribution is 9.10. The fraction of sp³-hybridized carbons (Fsp3) is 0.115. The van der Waals surface area contributed by atoms with E-state index in [2.05, 4.69) is 22.0 Å². The highest BCUT2D eigenvalue weighted by Gasteiger charge is 2.47. The normalized spacial score (nSPS) is 18.6. The first kappa shape index (κ1) is 22.3. The molecule has 5 rings (SSSR count). The van der Waals surface area contributed by atoms with Crippen LogP contribution in [-0.4, -0.2) is 8.42 Å². The molecule has 0 saturated heterocycles. The topological polar surface area (TPSA) is 96.4 Å². The number of ether oxygens (including phenoxy) is 1. The zero-order chi connectivity index (χ0) is 24.0. The summed E-state index contributed by atoms with van der Waals surface area (Å²) >= 11 is 3.41. The molecule has 0 amide bonds. The Kier molecular flexibility index (Phi) is 5.47. The van der Waals surface area contributed by atoms with E-state index in [0.29, 0.717) is 16.8 Å². The third kappa shape index (κ3) is 3.49. The molecule has 2 heterocycles. The maximum atomic E-state index is 14.3. The van der Waals surface area contributed by atoms with Crippen molar-refractivity contribution in [1.82, 2.24) is 0 Å². The van der Waals surface area contributed by atoms with Gasteiger partial charge in [-0.2, -0.15) is 5.26 Å². The van der Waals surface area contributed by atoms with Gasteiger partial charge < -0.3 is 10.5 Å². The van der Waals surface area contributed by atoms with Crippen molar-refractivity contribution >= 4 is 37.4 Å². The molecule has 8 heteroatoms. The first-order valence-corrected chi connectivity index (χ1v) is 12.8. The van der Waals surface area contributed by atoms with Gasteiger partial charge >= 0.3 is 0 Å². The molecule has 0 unspecified atom stereocenters. The number of allylic oxidation sites excluding steroid dienone is 2. The van der Waals surface area contributed by atoms with Crippen LogP contribution in [0.25, 0.3) is 5.76 Å². The van der Waals surface area contributed by atoms with Gasteiger partial charge in [0.05, 0.1) is 18.2 Å². The first-order chi connectivity index (χ1) is 16.3. The van der Waals surface area contributed by atoms with Crippen molar-refractivity contribution in [2.75, 3.05) is 4.31 Å². The number of hydrogen-bond donors (Lipinski definition) is 1. The number of fused-ring (bicyclic) bond motifs is 2. The van der Waals surface area contributed by atoms with Crippen molar-refractivity contribution < 1.29 is 13.2 Å². The zero-order valence-electron chi connectivity index (χ0n) is 18.2. The molecule has 0 radical (unpaired) electrons. The summed E-state index contributed by atoms with van der Waals surface area (Å²) in [7, 11) is -4.09. The number of hydrogen-bond acceptors (Lipinski definition) is 5. The molecule has 2 N–H and O–H groups in total. The monoisotopic (exact) mass is 533 g/mol. The minimum absolute atomic E-state index is 0.0212. The Morgan fingerprint density at radius 2 is 1.74 bits per heavy atom. The van der Waals surface area contributed by atoms with Crippen LogP contribution >= 0.6 is 15.9 Å². The lowest BCUT2D eigenvalue weighted by Gasteiger charge is -2.38. The third-order valence-corrected chi connectivity index (χ3v) is 8.55. The van der Waals surface area contributed by atoms with Crippen molar-refractivity contribution in [2.24, 2.45) is 5.73 Å². The van der Waals surface area contributed by atoms with Crippen LogP contribution < -0.4 is 10.0 Å². The highest BCUT2D eigenvalue weighted by atomic mass is 79.9. The molecule has 34 heavy (non-hydrogen) atoms.